The molecule has 0 aliphatic carbocycles. The summed E-state index contributed by atoms with van der Waals surface area (Å²) in [6, 6.07) is 7.25. The minimum Gasteiger partial charge on any atom is -0.448 e. The number of amides is 2. The van der Waals surface area contributed by atoms with Crippen LogP contribution in [0.15, 0.2) is 30.5 Å². The molecule has 1 saturated heterocycles. The van der Waals surface area contributed by atoms with Crippen LogP contribution < -0.4 is 16.4 Å². The van der Waals surface area contributed by atoms with Crippen molar-refractivity contribution in [2.45, 2.75) is 51.7 Å². The normalized spacial score (nSPS) is 17.5. The van der Waals surface area contributed by atoms with Gasteiger partial charge in [-0.1, -0.05) is 0 Å². The van der Waals surface area contributed by atoms with E-state index in [0.29, 0.717) is 42.1 Å². The van der Waals surface area contributed by atoms with E-state index in [1.54, 1.807) is 18.0 Å². The molecule has 2 aromatic heterocycles. The summed E-state index contributed by atoms with van der Waals surface area (Å²) in [5.74, 6) is 1.34. The number of nitrogens with zero attached hydrogens (tertiary/aromatic N) is 5. The number of fused-ring (bicyclic) bond motifs is 2. The lowest BCUT2D eigenvalue weighted by Gasteiger charge is -2.37. The number of ether oxygens (including phenoxy) is 2. The number of nitrogens with two attached hydrogens (primary N) is 1. The molecular weight excluding hydrogens is 524 g/mol. The molecule has 2 aliphatic heterocycles. The number of likely N-dealkylation sites (N-methyl/N-ethyl adjacent to an activating group) is 1. The lowest BCUT2D eigenvalue weighted by atomic mass is 9.91. The first-order valence-electron chi connectivity index (χ1n) is 14.1. The number of anilines is 3. The predicted molar refractivity (Wildman–Crippen MR) is 157 cm³/mol. The van der Waals surface area contributed by atoms with Crippen molar-refractivity contribution in [3.8, 4) is 0 Å². The highest BCUT2D eigenvalue weighted by molar-refractivity contribution is 5.95. The summed E-state index contributed by atoms with van der Waals surface area (Å²) in [4.78, 5) is 35.4. The number of urea groups is 1. The predicted octanol–water partition coefficient (Wildman–Crippen LogP) is 3.88. The Bertz CT molecular complexity index is 1430. The van der Waals surface area contributed by atoms with Gasteiger partial charge in [0.25, 0.3) is 0 Å². The molecule has 0 unspecified atom stereocenters. The Balaban J connectivity index is 1.48. The third-order valence-corrected chi connectivity index (χ3v) is 7.97. The Morgan fingerprint density at radius 1 is 1.22 bits per heavy atom. The van der Waals surface area contributed by atoms with Gasteiger partial charge in [0.1, 0.15) is 5.82 Å². The minimum absolute atomic E-state index is 0.0348. The molecule has 4 heterocycles. The maximum atomic E-state index is 13.9. The van der Waals surface area contributed by atoms with Crippen molar-refractivity contribution in [2.75, 3.05) is 51.5 Å². The number of carbonyl (C=O) groups excluding carboxylic acids is 2. The van der Waals surface area contributed by atoms with E-state index in [0.717, 1.165) is 35.7 Å². The summed E-state index contributed by atoms with van der Waals surface area (Å²) >= 11 is 0. The lowest BCUT2D eigenvalue weighted by molar-refractivity contribution is 0.0488. The zero-order valence-electron chi connectivity index (χ0n) is 24.4. The van der Waals surface area contributed by atoms with Gasteiger partial charge in [-0.3, -0.25) is 0 Å². The number of hydrogen-bond donors (Lipinski definition) is 3. The Labute approximate surface area is 240 Å². The van der Waals surface area contributed by atoms with Crippen LogP contribution in [0.2, 0.25) is 0 Å². The van der Waals surface area contributed by atoms with Crippen molar-refractivity contribution >= 4 is 40.2 Å². The molecule has 3 aromatic rings. The highest BCUT2D eigenvalue weighted by Crippen LogP contribution is 2.43. The summed E-state index contributed by atoms with van der Waals surface area (Å²) in [5, 5.41) is 13.0. The van der Waals surface area contributed by atoms with Crippen LogP contribution in [0, 0.1) is 5.92 Å². The van der Waals surface area contributed by atoms with Crippen molar-refractivity contribution in [2.24, 2.45) is 5.92 Å². The highest BCUT2D eigenvalue weighted by atomic mass is 16.6. The van der Waals surface area contributed by atoms with Gasteiger partial charge in [0, 0.05) is 48.6 Å². The second-order valence-corrected chi connectivity index (χ2v) is 11.5. The molecule has 0 bridgehead atoms. The molecule has 12 heteroatoms. The number of nitrogen functional groups attached to an aromatic ring is 1. The Morgan fingerprint density at radius 2 is 1.98 bits per heavy atom. The van der Waals surface area contributed by atoms with Gasteiger partial charge < -0.3 is 35.6 Å². The second-order valence-electron chi connectivity index (χ2n) is 11.5. The fourth-order valence-corrected chi connectivity index (χ4v) is 5.92. The molecule has 2 amide bonds. The summed E-state index contributed by atoms with van der Waals surface area (Å²) in [6.45, 7) is 8.17. The van der Waals surface area contributed by atoms with Gasteiger partial charge in [-0.2, -0.15) is 4.68 Å². The summed E-state index contributed by atoms with van der Waals surface area (Å²) in [7, 11) is 4.02. The molecule has 2 aliphatic rings. The first kappa shape index (κ1) is 28.6. The lowest BCUT2D eigenvalue weighted by Crippen LogP contribution is -2.54. The molecule has 0 radical (unpaired) electrons. The number of rotatable bonds is 7. The van der Waals surface area contributed by atoms with Crippen molar-refractivity contribution in [3.05, 3.63) is 41.7 Å². The van der Waals surface area contributed by atoms with Crippen molar-refractivity contribution in [1.29, 1.82) is 0 Å². The first-order chi connectivity index (χ1) is 19.6. The quantitative estimate of drug-likeness (QED) is 0.365. The Morgan fingerprint density at radius 3 is 2.68 bits per heavy atom. The van der Waals surface area contributed by atoms with E-state index in [9.17, 15) is 9.59 Å². The monoisotopic (exact) mass is 564 g/mol. The van der Waals surface area contributed by atoms with Crippen LogP contribution in [0.1, 0.15) is 44.9 Å². The second kappa shape index (κ2) is 11.5. The van der Waals surface area contributed by atoms with Crippen molar-refractivity contribution < 1.29 is 19.1 Å². The number of benzene rings is 1. The minimum atomic E-state index is -0.849. The van der Waals surface area contributed by atoms with E-state index in [1.807, 2.05) is 52.2 Å². The molecule has 1 fully saturated rings. The zero-order valence-corrected chi connectivity index (χ0v) is 24.4. The molecule has 12 nitrogen and oxygen atoms in total. The van der Waals surface area contributed by atoms with Gasteiger partial charge in [0.15, 0.2) is 5.82 Å². The summed E-state index contributed by atoms with van der Waals surface area (Å²) < 4.78 is 12.2. The maximum Gasteiger partial charge on any atom is 0.435 e. The number of hydrogen-bond acceptors (Lipinski definition) is 9. The number of nitrogens with one attached hydrogen (secondary N) is 2. The van der Waals surface area contributed by atoms with E-state index in [1.165, 1.54) is 4.68 Å². The molecule has 220 valence electrons. The molecule has 0 spiro atoms. The van der Waals surface area contributed by atoms with Crippen LogP contribution in [0.25, 0.3) is 10.8 Å². The van der Waals surface area contributed by atoms with Crippen LogP contribution in [0.5, 0.6) is 0 Å². The molecule has 5 rings (SSSR count). The van der Waals surface area contributed by atoms with Gasteiger partial charge in [-0.05, 0) is 83.3 Å². The zero-order chi connectivity index (χ0) is 29.3. The highest BCUT2D eigenvalue weighted by Gasteiger charge is 2.47. The van der Waals surface area contributed by atoms with Crippen LogP contribution in [-0.2, 0) is 21.6 Å². The Kier molecular flexibility index (Phi) is 8.05. The Hall–Kier alpha value is -3.90. The number of carbonyl (C=O) groups is 2. The van der Waals surface area contributed by atoms with E-state index < -0.39 is 11.6 Å². The largest absolute Gasteiger partial charge is 0.448 e. The third-order valence-electron chi connectivity index (χ3n) is 7.97. The van der Waals surface area contributed by atoms with Gasteiger partial charge >= 0.3 is 12.1 Å². The summed E-state index contributed by atoms with van der Waals surface area (Å²) in [6.07, 6.45) is 2.89. The fraction of sp³-hybridized carbons (Fsp3) is 0.517. The molecule has 41 heavy (non-hydrogen) atoms. The van der Waals surface area contributed by atoms with E-state index in [-0.39, 0.29) is 25.2 Å². The standard InChI is InChI=1S/C29H40N8O4/c1-6-41-28(39)37-24-22(26(34-37)33-25-21-8-7-20(30)15-19(21)9-12-31-25)16-36(29(24,2)3)27(38)32-23(17-35(4)5)18-10-13-40-14-11-18/h7-9,12,15,18,23H,6,10-11,13-14,16-17,30H2,1-5H3,(H,32,38)(H,31,33,34)/t23-/m1/s1. The SMILES string of the molecule is CCOC(=O)n1nc(Nc2nccc3cc(N)ccc23)c2c1C(C)(C)N(C(=O)N[C@H](CN(C)C)C1CCOCC1)C2. The fourth-order valence-electron chi connectivity index (χ4n) is 5.92. The average Bonchev–Trinajstić information content (AvgIpc) is 3.43. The third kappa shape index (κ3) is 5.66. The summed E-state index contributed by atoms with van der Waals surface area (Å²) in [5.41, 5.74) is 7.13. The molecule has 0 saturated carbocycles. The van der Waals surface area contributed by atoms with Crippen LogP contribution in [-0.4, -0.2) is 83.2 Å². The molecule has 1 atom stereocenters. The average molecular weight is 565 g/mol. The molecule has 4 N–H and O–H groups in total. The van der Waals surface area contributed by atoms with E-state index in [4.69, 9.17) is 15.2 Å². The van der Waals surface area contributed by atoms with Crippen LogP contribution in [0.4, 0.5) is 26.9 Å². The van der Waals surface area contributed by atoms with E-state index >= 15 is 0 Å². The van der Waals surface area contributed by atoms with Gasteiger partial charge in [-0.15, -0.1) is 5.10 Å². The first-order valence-corrected chi connectivity index (χ1v) is 14.1. The topological polar surface area (TPSA) is 140 Å². The van der Waals surface area contributed by atoms with Gasteiger partial charge in [0.2, 0.25) is 0 Å². The molecular formula is C29H40N8O4. The molecule has 1 aromatic carbocycles. The van der Waals surface area contributed by atoms with Crippen LogP contribution in [0.3, 0.4) is 0 Å². The van der Waals surface area contributed by atoms with E-state index in [2.05, 4.69) is 25.6 Å². The van der Waals surface area contributed by atoms with Crippen molar-refractivity contribution in [3.63, 3.8) is 0 Å². The maximum absolute atomic E-state index is 13.9. The number of pyridine rings is 1. The smallest absolute Gasteiger partial charge is 0.435 e. The number of aromatic nitrogens is 3. The van der Waals surface area contributed by atoms with Gasteiger partial charge in [-0.25, -0.2) is 14.6 Å². The van der Waals surface area contributed by atoms with Crippen molar-refractivity contribution in [1.82, 2.24) is 29.9 Å². The van der Waals surface area contributed by atoms with Crippen LogP contribution >= 0.6 is 0 Å². The van der Waals surface area contributed by atoms with Gasteiger partial charge in [0.05, 0.1) is 24.4 Å².